The number of hydrogen-bond acceptors (Lipinski definition) is 7. The number of nitrogens with one attached hydrogen (secondary N) is 1. The molecule has 1 N–H and O–H groups in total. The topological polar surface area (TPSA) is 37.5 Å². The standard InChI is InChI=1S/C7H13N.C6H13N.C5H12N2.C5H11NO.C5H11N/c1-8-5-6-2-3-7(8)4-6;1-7-5-3-2-4-6-7;1-7-4-2-6-3-5-7;1-6-2-4-7-5-3-6;1-6-4-2-3-5-6/h6-7H,2-5H2,1H3;2-6H2,1H3;6H,2-5H2,1H3;2-5H2,1H3;2-5H2,1H3. The van der Waals surface area contributed by atoms with Crippen LogP contribution in [0, 0.1) is 5.92 Å². The zero-order valence-electron chi connectivity index (χ0n) is 24.1. The predicted molar refractivity (Wildman–Crippen MR) is 151 cm³/mol. The number of nitrogens with zero attached hydrogens (tertiary/aromatic N) is 5. The molecule has 6 rings (SSSR count). The average Bonchev–Trinajstić information content (AvgIpc) is 3.61. The molecule has 0 aromatic carbocycles. The maximum atomic E-state index is 5.10. The lowest BCUT2D eigenvalue weighted by Crippen LogP contribution is -2.40. The lowest BCUT2D eigenvalue weighted by Gasteiger charge is -2.21. The Labute approximate surface area is 218 Å². The first-order valence-electron chi connectivity index (χ1n) is 14.7. The van der Waals surface area contributed by atoms with Gasteiger partial charge in [-0.2, -0.15) is 0 Å². The number of ether oxygens (including phenoxy) is 1. The fourth-order valence-corrected chi connectivity index (χ4v) is 5.53. The van der Waals surface area contributed by atoms with E-state index in [1.54, 1.807) is 0 Å². The summed E-state index contributed by atoms with van der Waals surface area (Å²) >= 11 is 0. The highest BCUT2D eigenvalue weighted by Gasteiger charge is 2.35. The van der Waals surface area contributed by atoms with Crippen LogP contribution in [0.1, 0.15) is 51.4 Å². The van der Waals surface area contributed by atoms with Crippen LogP contribution in [0.15, 0.2) is 0 Å². The van der Waals surface area contributed by atoms with Gasteiger partial charge in [0.25, 0.3) is 0 Å². The largest absolute Gasteiger partial charge is 0.379 e. The average molecular weight is 497 g/mol. The van der Waals surface area contributed by atoms with Crippen molar-refractivity contribution in [2.75, 3.05) is 120 Å². The molecule has 6 fully saturated rings. The van der Waals surface area contributed by atoms with Gasteiger partial charge in [0.2, 0.25) is 0 Å². The molecule has 35 heavy (non-hydrogen) atoms. The molecule has 2 bridgehead atoms. The minimum Gasteiger partial charge on any atom is -0.379 e. The van der Waals surface area contributed by atoms with Gasteiger partial charge in [0.15, 0.2) is 0 Å². The molecule has 0 aromatic rings. The molecule has 7 nitrogen and oxygen atoms in total. The third-order valence-electron chi connectivity index (χ3n) is 8.17. The summed E-state index contributed by atoms with van der Waals surface area (Å²) in [6, 6.07) is 0.972. The minimum absolute atomic E-state index is 0.913. The van der Waals surface area contributed by atoms with E-state index in [0.717, 1.165) is 51.4 Å². The van der Waals surface area contributed by atoms with Gasteiger partial charge in [-0.1, -0.05) is 6.42 Å². The Hall–Kier alpha value is -0.280. The van der Waals surface area contributed by atoms with Gasteiger partial charge in [-0.3, -0.25) is 0 Å². The monoisotopic (exact) mass is 496 g/mol. The number of hydrogen-bond donors (Lipinski definition) is 1. The maximum absolute atomic E-state index is 5.10. The van der Waals surface area contributed by atoms with Gasteiger partial charge in [0, 0.05) is 51.9 Å². The number of fused-ring (bicyclic) bond motifs is 2. The van der Waals surface area contributed by atoms with Crippen LogP contribution >= 0.6 is 0 Å². The van der Waals surface area contributed by atoms with Gasteiger partial charge in [-0.25, -0.2) is 0 Å². The first kappa shape index (κ1) is 30.9. The molecule has 0 spiro atoms. The molecule has 1 saturated carbocycles. The van der Waals surface area contributed by atoms with E-state index < -0.39 is 0 Å². The Bertz CT molecular complexity index is 446. The van der Waals surface area contributed by atoms with E-state index in [0.29, 0.717) is 0 Å². The fraction of sp³-hybridized carbons (Fsp3) is 1.00. The van der Waals surface area contributed by atoms with Gasteiger partial charge in [0.1, 0.15) is 0 Å². The first-order valence-corrected chi connectivity index (χ1v) is 14.7. The van der Waals surface area contributed by atoms with Gasteiger partial charge in [-0.05, 0) is 112 Å². The molecular weight excluding hydrogens is 436 g/mol. The second-order valence-electron chi connectivity index (χ2n) is 11.6. The first-order chi connectivity index (χ1) is 16.9. The molecule has 5 heterocycles. The summed E-state index contributed by atoms with van der Waals surface area (Å²) in [5.74, 6) is 1.07. The summed E-state index contributed by atoms with van der Waals surface area (Å²) in [5, 5.41) is 3.27. The summed E-state index contributed by atoms with van der Waals surface area (Å²) in [4.78, 5) is 11.9. The highest BCUT2D eigenvalue weighted by Crippen LogP contribution is 2.35. The lowest BCUT2D eigenvalue weighted by molar-refractivity contribution is 0.0503. The van der Waals surface area contributed by atoms with Crippen molar-refractivity contribution >= 4 is 0 Å². The summed E-state index contributed by atoms with van der Waals surface area (Å²) < 4.78 is 5.10. The lowest BCUT2D eigenvalue weighted by atomic mass is 10.1. The Balaban J connectivity index is 0.000000155. The van der Waals surface area contributed by atoms with E-state index in [9.17, 15) is 0 Å². The van der Waals surface area contributed by atoms with Gasteiger partial charge >= 0.3 is 0 Å². The van der Waals surface area contributed by atoms with Crippen LogP contribution in [0.4, 0.5) is 0 Å². The zero-order chi connectivity index (χ0) is 25.3. The van der Waals surface area contributed by atoms with Crippen LogP contribution < -0.4 is 5.32 Å². The molecule has 6 aliphatic rings. The van der Waals surface area contributed by atoms with Crippen molar-refractivity contribution in [1.82, 2.24) is 29.8 Å². The Morgan fingerprint density at radius 3 is 1.29 bits per heavy atom. The molecular formula is C28H60N6O. The fourth-order valence-electron chi connectivity index (χ4n) is 5.53. The summed E-state index contributed by atoms with van der Waals surface area (Å²) in [6.45, 7) is 15.4. The van der Waals surface area contributed by atoms with E-state index in [2.05, 4.69) is 65.1 Å². The normalized spacial score (nSPS) is 30.1. The van der Waals surface area contributed by atoms with E-state index >= 15 is 0 Å². The number of likely N-dealkylation sites (N-methyl/N-ethyl adjacent to an activating group) is 2. The molecule has 2 unspecified atom stereocenters. The molecule has 5 aliphatic heterocycles. The molecule has 0 radical (unpaired) electrons. The van der Waals surface area contributed by atoms with Gasteiger partial charge < -0.3 is 34.6 Å². The number of piperidine rings is 2. The van der Waals surface area contributed by atoms with Crippen LogP contribution in [-0.4, -0.2) is 151 Å². The number of morpholine rings is 1. The summed E-state index contributed by atoms with van der Waals surface area (Å²) in [7, 11) is 10.9. The van der Waals surface area contributed by atoms with E-state index in [1.807, 2.05) is 0 Å². The van der Waals surface area contributed by atoms with Crippen molar-refractivity contribution in [2.45, 2.75) is 57.4 Å². The summed E-state index contributed by atoms with van der Waals surface area (Å²) in [5.41, 5.74) is 0. The Morgan fingerprint density at radius 1 is 0.571 bits per heavy atom. The third kappa shape index (κ3) is 14.9. The van der Waals surface area contributed by atoms with Crippen molar-refractivity contribution in [1.29, 1.82) is 0 Å². The molecule has 2 atom stereocenters. The maximum Gasteiger partial charge on any atom is 0.0594 e. The Morgan fingerprint density at radius 2 is 1.06 bits per heavy atom. The van der Waals surface area contributed by atoms with Crippen molar-refractivity contribution < 1.29 is 4.74 Å². The highest BCUT2D eigenvalue weighted by molar-refractivity contribution is 4.89. The minimum atomic E-state index is 0.913. The van der Waals surface area contributed by atoms with Gasteiger partial charge in [0.05, 0.1) is 13.2 Å². The number of piperazine rings is 1. The van der Waals surface area contributed by atoms with E-state index in [-0.39, 0.29) is 0 Å². The quantitative estimate of drug-likeness (QED) is 0.552. The number of likely N-dealkylation sites (tertiary alicyclic amines) is 3. The molecule has 7 heteroatoms. The predicted octanol–water partition coefficient (Wildman–Crippen LogP) is 2.38. The Kier molecular flexibility index (Phi) is 16.7. The van der Waals surface area contributed by atoms with Gasteiger partial charge in [-0.15, -0.1) is 0 Å². The van der Waals surface area contributed by atoms with Crippen molar-refractivity contribution in [3.8, 4) is 0 Å². The molecule has 208 valence electrons. The molecule has 0 aromatic heterocycles. The van der Waals surface area contributed by atoms with Crippen LogP contribution in [-0.2, 0) is 4.74 Å². The summed E-state index contributed by atoms with van der Waals surface area (Å²) in [6.07, 6.45) is 11.6. The SMILES string of the molecule is CN1CC2CCC1C2.CN1CCCC1.CN1CCCCC1.CN1CCNCC1.CN1CCOCC1. The smallest absolute Gasteiger partial charge is 0.0594 e. The number of rotatable bonds is 0. The third-order valence-corrected chi connectivity index (χ3v) is 8.17. The molecule has 1 aliphatic carbocycles. The highest BCUT2D eigenvalue weighted by atomic mass is 16.5. The van der Waals surface area contributed by atoms with Crippen molar-refractivity contribution in [2.24, 2.45) is 5.92 Å². The molecule has 5 saturated heterocycles. The van der Waals surface area contributed by atoms with E-state index in [4.69, 9.17) is 4.74 Å². The van der Waals surface area contributed by atoms with Crippen LogP contribution in [0.2, 0.25) is 0 Å². The zero-order valence-corrected chi connectivity index (χ0v) is 24.1. The van der Waals surface area contributed by atoms with Crippen LogP contribution in [0.5, 0.6) is 0 Å². The second-order valence-corrected chi connectivity index (χ2v) is 11.6. The van der Waals surface area contributed by atoms with E-state index in [1.165, 1.54) is 97.2 Å². The van der Waals surface area contributed by atoms with Crippen LogP contribution in [0.25, 0.3) is 0 Å². The van der Waals surface area contributed by atoms with Crippen molar-refractivity contribution in [3.63, 3.8) is 0 Å². The van der Waals surface area contributed by atoms with Crippen LogP contribution in [0.3, 0.4) is 0 Å². The van der Waals surface area contributed by atoms with Crippen molar-refractivity contribution in [3.05, 3.63) is 0 Å². The molecule has 0 amide bonds. The second kappa shape index (κ2) is 18.9.